The average molecular weight is 395 g/mol. The highest BCUT2D eigenvalue weighted by molar-refractivity contribution is 7.97. The average Bonchev–Trinajstić information content (AvgIpc) is 3.41. The van der Waals surface area contributed by atoms with Crippen LogP contribution >= 0.6 is 11.9 Å². The van der Waals surface area contributed by atoms with Gasteiger partial charge in [0.15, 0.2) is 17.5 Å². The lowest BCUT2D eigenvalue weighted by molar-refractivity contribution is 0.285. The molecule has 3 rings (SSSR count). The number of nitrogens with two attached hydrogens (primary N) is 1. The molecule has 1 aromatic carbocycles. The van der Waals surface area contributed by atoms with E-state index in [0.29, 0.717) is 24.2 Å². The minimum absolute atomic E-state index is 0.152. The van der Waals surface area contributed by atoms with Gasteiger partial charge in [0.1, 0.15) is 0 Å². The maximum Gasteiger partial charge on any atom is 0.191 e. The van der Waals surface area contributed by atoms with Crippen molar-refractivity contribution in [3.8, 4) is 5.75 Å². The molecule has 0 bridgehead atoms. The molecule has 1 unspecified atom stereocenters. The summed E-state index contributed by atoms with van der Waals surface area (Å²) in [5.74, 6) is 2.47. The van der Waals surface area contributed by atoms with Crippen molar-refractivity contribution in [2.24, 2.45) is 16.6 Å². The second kappa shape index (κ2) is 10.2. The second-order valence-electron chi connectivity index (χ2n) is 7.42. The Bertz CT molecular complexity index is 638. The van der Waals surface area contributed by atoms with Gasteiger partial charge >= 0.3 is 0 Å². The van der Waals surface area contributed by atoms with E-state index < -0.39 is 0 Å². The molecule has 0 radical (unpaired) electrons. The van der Waals surface area contributed by atoms with Gasteiger partial charge in [-0.1, -0.05) is 24.4 Å². The number of aliphatic imine (C=N–C) groups is 1. The smallest absolute Gasteiger partial charge is 0.191 e. The first-order chi connectivity index (χ1) is 13.1. The Morgan fingerprint density at radius 2 is 2.22 bits per heavy atom. The molecule has 1 saturated carbocycles. The van der Waals surface area contributed by atoms with Gasteiger partial charge in [-0.2, -0.15) is 0 Å². The SMILES string of the molecule is CC(NSCCCCCN1CCN=C1N)c1ccc(F)c(OCC2CC2)c1. The van der Waals surface area contributed by atoms with Crippen molar-refractivity contribution in [2.45, 2.75) is 45.1 Å². The van der Waals surface area contributed by atoms with Crippen LogP contribution in [0.2, 0.25) is 0 Å². The summed E-state index contributed by atoms with van der Waals surface area (Å²) in [5.41, 5.74) is 6.87. The number of halogens is 1. The van der Waals surface area contributed by atoms with Gasteiger partial charge in [-0.25, -0.2) is 4.39 Å². The Morgan fingerprint density at radius 1 is 1.37 bits per heavy atom. The molecule has 1 atom stereocenters. The van der Waals surface area contributed by atoms with Crippen LogP contribution in [0.15, 0.2) is 23.2 Å². The normalized spacial score (nSPS) is 17.9. The lowest BCUT2D eigenvalue weighted by atomic mass is 10.1. The van der Waals surface area contributed by atoms with Gasteiger partial charge in [0.25, 0.3) is 0 Å². The highest BCUT2D eigenvalue weighted by Crippen LogP contribution is 2.31. The zero-order valence-corrected chi connectivity index (χ0v) is 16.9. The standard InChI is InChI=1S/C20H31FN4OS/c1-15(17-7-8-18(21)19(13-17)26-14-16-5-6-16)24-27-12-4-2-3-10-25-11-9-23-20(25)22/h7-8,13,15-16,24H,2-6,9-12,14H2,1H3,(H2,22,23). The van der Waals surface area contributed by atoms with Crippen LogP contribution in [-0.4, -0.2) is 42.9 Å². The van der Waals surface area contributed by atoms with Crippen LogP contribution in [0.3, 0.4) is 0 Å². The Morgan fingerprint density at radius 3 is 2.96 bits per heavy atom. The molecule has 0 spiro atoms. The lowest BCUT2D eigenvalue weighted by Crippen LogP contribution is -2.34. The predicted molar refractivity (Wildman–Crippen MR) is 111 cm³/mol. The van der Waals surface area contributed by atoms with Gasteiger partial charge in [0.05, 0.1) is 13.2 Å². The number of hydrogen-bond donors (Lipinski definition) is 2. The molecule has 1 fully saturated rings. The molecule has 1 aromatic rings. The number of rotatable bonds is 12. The van der Waals surface area contributed by atoms with Gasteiger partial charge < -0.3 is 15.4 Å². The molecule has 0 aromatic heterocycles. The Balaban J connectivity index is 1.30. The van der Waals surface area contributed by atoms with Crippen molar-refractivity contribution < 1.29 is 9.13 Å². The summed E-state index contributed by atoms with van der Waals surface area (Å²) in [6.07, 6.45) is 5.90. The monoisotopic (exact) mass is 394 g/mol. The Labute approximate surface area is 166 Å². The van der Waals surface area contributed by atoms with E-state index in [1.54, 1.807) is 11.9 Å². The molecular weight excluding hydrogens is 363 g/mol. The third-order valence-electron chi connectivity index (χ3n) is 5.03. The summed E-state index contributed by atoms with van der Waals surface area (Å²) in [4.78, 5) is 6.36. The number of nitrogens with zero attached hydrogens (tertiary/aromatic N) is 2. The van der Waals surface area contributed by atoms with E-state index in [0.717, 1.165) is 43.8 Å². The highest BCUT2D eigenvalue weighted by atomic mass is 32.2. The van der Waals surface area contributed by atoms with Crippen LogP contribution in [0, 0.1) is 11.7 Å². The fraction of sp³-hybridized carbons (Fsp3) is 0.650. The molecule has 0 saturated heterocycles. The second-order valence-corrected chi connectivity index (χ2v) is 8.35. The number of nitrogens with one attached hydrogen (secondary N) is 1. The zero-order valence-electron chi connectivity index (χ0n) is 16.1. The maximum atomic E-state index is 13.9. The Hall–Kier alpha value is -1.47. The summed E-state index contributed by atoms with van der Waals surface area (Å²) in [6, 6.07) is 5.32. The van der Waals surface area contributed by atoms with E-state index in [4.69, 9.17) is 10.5 Å². The van der Waals surface area contributed by atoms with Crippen LogP contribution in [0.5, 0.6) is 5.75 Å². The van der Waals surface area contributed by atoms with Crippen LogP contribution in [0.1, 0.15) is 50.6 Å². The minimum Gasteiger partial charge on any atom is -0.490 e. The number of guanidine groups is 1. The minimum atomic E-state index is -0.275. The lowest BCUT2D eigenvalue weighted by Gasteiger charge is -2.17. The molecule has 1 aliphatic heterocycles. The van der Waals surface area contributed by atoms with Crippen molar-refractivity contribution in [3.05, 3.63) is 29.6 Å². The van der Waals surface area contributed by atoms with E-state index in [2.05, 4.69) is 21.5 Å². The summed E-state index contributed by atoms with van der Waals surface area (Å²) in [6.45, 7) is 5.53. The van der Waals surface area contributed by atoms with Gasteiger partial charge in [-0.15, -0.1) is 0 Å². The first-order valence-electron chi connectivity index (χ1n) is 9.98. The summed E-state index contributed by atoms with van der Waals surface area (Å²) in [7, 11) is 0. The summed E-state index contributed by atoms with van der Waals surface area (Å²) >= 11 is 1.73. The highest BCUT2D eigenvalue weighted by Gasteiger charge is 2.22. The molecule has 1 aliphatic carbocycles. The molecule has 3 N–H and O–H groups in total. The van der Waals surface area contributed by atoms with E-state index >= 15 is 0 Å². The van der Waals surface area contributed by atoms with Crippen molar-refractivity contribution in [1.82, 2.24) is 9.62 Å². The molecule has 0 amide bonds. The topological polar surface area (TPSA) is 62.9 Å². The first-order valence-corrected chi connectivity index (χ1v) is 11.0. The zero-order chi connectivity index (χ0) is 19.1. The van der Waals surface area contributed by atoms with E-state index in [1.807, 2.05) is 12.1 Å². The van der Waals surface area contributed by atoms with Crippen LogP contribution in [0.25, 0.3) is 0 Å². The third kappa shape index (κ3) is 6.57. The quantitative estimate of drug-likeness (QED) is 0.418. The van der Waals surface area contributed by atoms with Gasteiger partial charge in [0.2, 0.25) is 0 Å². The molecule has 150 valence electrons. The van der Waals surface area contributed by atoms with Crippen LogP contribution in [0.4, 0.5) is 4.39 Å². The largest absolute Gasteiger partial charge is 0.490 e. The van der Waals surface area contributed by atoms with Gasteiger partial charge in [0, 0.05) is 24.9 Å². The van der Waals surface area contributed by atoms with Crippen molar-refractivity contribution in [2.75, 3.05) is 32.0 Å². The van der Waals surface area contributed by atoms with Crippen LogP contribution < -0.4 is 15.2 Å². The molecular formula is C20H31FN4OS. The van der Waals surface area contributed by atoms with Crippen LogP contribution in [-0.2, 0) is 0 Å². The molecule has 27 heavy (non-hydrogen) atoms. The Kier molecular flexibility index (Phi) is 7.64. The fourth-order valence-electron chi connectivity index (χ4n) is 3.02. The van der Waals surface area contributed by atoms with E-state index in [-0.39, 0.29) is 11.9 Å². The number of unbranched alkanes of at least 4 members (excludes halogenated alkanes) is 2. The van der Waals surface area contributed by atoms with Gasteiger partial charge in [-0.05, 0) is 56.2 Å². The van der Waals surface area contributed by atoms with Crippen molar-refractivity contribution >= 4 is 17.9 Å². The fourth-order valence-corrected chi connectivity index (χ4v) is 3.88. The van der Waals surface area contributed by atoms with E-state index in [1.165, 1.54) is 25.3 Å². The molecule has 5 nitrogen and oxygen atoms in total. The number of benzene rings is 1. The number of hydrogen-bond acceptors (Lipinski definition) is 6. The third-order valence-corrected chi connectivity index (χ3v) is 6.04. The maximum absolute atomic E-state index is 13.9. The van der Waals surface area contributed by atoms with Crippen molar-refractivity contribution in [1.29, 1.82) is 0 Å². The van der Waals surface area contributed by atoms with Gasteiger partial charge in [-0.3, -0.25) is 9.71 Å². The molecule has 1 heterocycles. The summed E-state index contributed by atoms with van der Waals surface area (Å²) in [5, 5.41) is 0. The van der Waals surface area contributed by atoms with E-state index in [9.17, 15) is 4.39 Å². The molecule has 2 aliphatic rings. The van der Waals surface area contributed by atoms with Crippen molar-refractivity contribution in [3.63, 3.8) is 0 Å². The first kappa shape index (κ1) is 20.3. The predicted octanol–water partition coefficient (Wildman–Crippen LogP) is 3.71. The summed E-state index contributed by atoms with van der Waals surface area (Å²) < 4.78 is 23.0. The molecule has 7 heteroatoms. The number of ether oxygens (including phenoxy) is 1.